The van der Waals surface area contributed by atoms with Gasteiger partial charge >= 0.3 is 0 Å². The summed E-state index contributed by atoms with van der Waals surface area (Å²) in [5.74, 6) is 0.129. The topological polar surface area (TPSA) is 34.5 Å². The molecule has 0 radical (unpaired) electrons. The Morgan fingerprint density at radius 1 is 1.31 bits per heavy atom. The van der Waals surface area contributed by atoms with Gasteiger partial charge in [0, 0.05) is 31.5 Å². The van der Waals surface area contributed by atoms with Crippen LogP contribution < -0.4 is 0 Å². The Balaban J connectivity index is 2.22. The molecule has 0 spiro atoms. The Labute approximate surface area is 95.8 Å². The molecule has 4 heteroatoms. The molecule has 2 rings (SSSR count). The van der Waals surface area contributed by atoms with Gasteiger partial charge in [0.1, 0.15) is 0 Å². The van der Waals surface area contributed by atoms with Crippen molar-refractivity contribution in [3.8, 4) is 0 Å². The van der Waals surface area contributed by atoms with Gasteiger partial charge in [0.25, 0.3) is 5.91 Å². The van der Waals surface area contributed by atoms with Crippen LogP contribution in [0.1, 0.15) is 21.7 Å². The Kier molecular flexibility index (Phi) is 3.01. The summed E-state index contributed by atoms with van der Waals surface area (Å²) in [5.41, 5.74) is 2.98. The van der Waals surface area contributed by atoms with Gasteiger partial charge in [-0.15, -0.1) is 0 Å². The van der Waals surface area contributed by atoms with Crippen molar-refractivity contribution in [2.75, 3.05) is 26.3 Å². The van der Waals surface area contributed by atoms with E-state index in [2.05, 4.69) is 0 Å². The van der Waals surface area contributed by atoms with Crippen LogP contribution in [0.25, 0.3) is 0 Å². The molecule has 2 heterocycles. The van der Waals surface area contributed by atoms with E-state index in [-0.39, 0.29) is 5.91 Å². The normalized spacial score (nSPS) is 16.6. The molecule has 4 nitrogen and oxygen atoms in total. The Bertz CT molecular complexity index is 403. The lowest BCUT2D eigenvalue weighted by Crippen LogP contribution is -2.40. The smallest absolute Gasteiger partial charge is 0.255 e. The summed E-state index contributed by atoms with van der Waals surface area (Å²) >= 11 is 0. The zero-order valence-corrected chi connectivity index (χ0v) is 10.1. The Morgan fingerprint density at radius 2 is 1.94 bits per heavy atom. The first kappa shape index (κ1) is 11.2. The van der Waals surface area contributed by atoms with Crippen molar-refractivity contribution in [2.24, 2.45) is 7.05 Å². The zero-order valence-electron chi connectivity index (χ0n) is 10.1. The number of aromatic nitrogens is 1. The van der Waals surface area contributed by atoms with Gasteiger partial charge in [0.2, 0.25) is 0 Å². The number of ether oxygens (including phenoxy) is 1. The minimum absolute atomic E-state index is 0.129. The number of aryl methyl sites for hydroxylation is 1. The van der Waals surface area contributed by atoms with Crippen LogP contribution in [-0.4, -0.2) is 41.7 Å². The second-order valence-electron chi connectivity index (χ2n) is 4.25. The van der Waals surface area contributed by atoms with Crippen LogP contribution in [0.3, 0.4) is 0 Å². The maximum Gasteiger partial charge on any atom is 0.255 e. The van der Waals surface area contributed by atoms with E-state index in [1.54, 1.807) is 0 Å². The first-order valence-electron chi connectivity index (χ1n) is 5.61. The third-order valence-electron chi connectivity index (χ3n) is 3.30. The molecule has 1 amide bonds. The molecule has 0 N–H and O–H groups in total. The molecule has 1 aromatic rings. The van der Waals surface area contributed by atoms with Crippen molar-refractivity contribution in [3.63, 3.8) is 0 Å². The van der Waals surface area contributed by atoms with Crippen molar-refractivity contribution in [1.82, 2.24) is 9.47 Å². The third kappa shape index (κ3) is 1.85. The molecule has 1 aliphatic rings. The average Bonchev–Trinajstić information content (AvgIpc) is 2.57. The van der Waals surface area contributed by atoms with Crippen molar-refractivity contribution >= 4 is 5.91 Å². The highest BCUT2D eigenvalue weighted by Crippen LogP contribution is 2.16. The lowest BCUT2D eigenvalue weighted by atomic mass is 10.2. The van der Waals surface area contributed by atoms with E-state index in [0.29, 0.717) is 26.3 Å². The summed E-state index contributed by atoms with van der Waals surface area (Å²) < 4.78 is 7.30. The molecule has 0 aromatic carbocycles. The summed E-state index contributed by atoms with van der Waals surface area (Å²) in [6.07, 6.45) is 0. The van der Waals surface area contributed by atoms with E-state index in [1.165, 1.54) is 0 Å². The molecule has 1 aliphatic heterocycles. The number of carbonyl (C=O) groups is 1. The van der Waals surface area contributed by atoms with Gasteiger partial charge in [0.15, 0.2) is 0 Å². The molecule has 1 fully saturated rings. The van der Waals surface area contributed by atoms with Crippen molar-refractivity contribution in [3.05, 3.63) is 23.0 Å². The van der Waals surface area contributed by atoms with Crippen LogP contribution >= 0.6 is 0 Å². The molecule has 0 bridgehead atoms. The van der Waals surface area contributed by atoms with E-state index >= 15 is 0 Å². The highest BCUT2D eigenvalue weighted by Gasteiger charge is 2.21. The van der Waals surface area contributed by atoms with Crippen molar-refractivity contribution in [1.29, 1.82) is 0 Å². The number of rotatable bonds is 1. The number of nitrogens with zero attached hydrogens (tertiary/aromatic N) is 2. The number of hydrogen-bond acceptors (Lipinski definition) is 2. The van der Waals surface area contributed by atoms with E-state index in [9.17, 15) is 4.79 Å². The van der Waals surface area contributed by atoms with E-state index < -0.39 is 0 Å². The van der Waals surface area contributed by atoms with Gasteiger partial charge in [-0.2, -0.15) is 0 Å². The van der Waals surface area contributed by atoms with E-state index in [1.807, 2.05) is 36.4 Å². The highest BCUT2D eigenvalue weighted by molar-refractivity contribution is 5.95. The molecular weight excluding hydrogens is 204 g/mol. The fourth-order valence-electron chi connectivity index (χ4n) is 2.01. The Hall–Kier alpha value is -1.29. The maximum atomic E-state index is 12.2. The minimum Gasteiger partial charge on any atom is -0.378 e. The predicted octanol–water partition coefficient (Wildman–Crippen LogP) is 1.11. The second kappa shape index (κ2) is 4.29. The molecule has 88 valence electrons. The van der Waals surface area contributed by atoms with Crippen molar-refractivity contribution in [2.45, 2.75) is 13.8 Å². The lowest BCUT2D eigenvalue weighted by Gasteiger charge is -2.26. The second-order valence-corrected chi connectivity index (χ2v) is 4.25. The summed E-state index contributed by atoms with van der Waals surface area (Å²) in [7, 11) is 1.99. The third-order valence-corrected chi connectivity index (χ3v) is 3.30. The van der Waals surface area contributed by atoms with Crippen LogP contribution in [0.5, 0.6) is 0 Å². The standard InChI is InChI=1S/C12H18N2O2/c1-9-8-11(10(2)13(9)3)12(15)14-4-6-16-7-5-14/h8H,4-7H2,1-3H3. The maximum absolute atomic E-state index is 12.2. The lowest BCUT2D eigenvalue weighted by molar-refractivity contribution is 0.0302. The summed E-state index contributed by atoms with van der Waals surface area (Å²) in [6, 6.07) is 1.97. The largest absolute Gasteiger partial charge is 0.378 e. The number of hydrogen-bond donors (Lipinski definition) is 0. The molecular formula is C12H18N2O2. The molecule has 0 aliphatic carbocycles. The summed E-state index contributed by atoms with van der Waals surface area (Å²) in [5, 5.41) is 0. The monoisotopic (exact) mass is 222 g/mol. The number of morpholine rings is 1. The minimum atomic E-state index is 0.129. The molecule has 16 heavy (non-hydrogen) atoms. The van der Waals surface area contributed by atoms with Gasteiger partial charge in [-0.1, -0.05) is 0 Å². The van der Waals surface area contributed by atoms with Gasteiger partial charge in [-0.25, -0.2) is 0 Å². The van der Waals surface area contributed by atoms with Crippen molar-refractivity contribution < 1.29 is 9.53 Å². The molecule has 0 saturated carbocycles. The average molecular weight is 222 g/mol. The highest BCUT2D eigenvalue weighted by atomic mass is 16.5. The number of carbonyl (C=O) groups excluding carboxylic acids is 1. The van der Waals surface area contributed by atoms with Crippen LogP contribution in [-0.2, 0) is 11.8 Å². The van der Waals surface area contributed by atoms with Crippen LogP contribution in [0.4, 0.5) is 0 Å². The molecule has 1 aromatic heterocycles. The fraction of sp³-hybridized carbons (Fsp3) is 0.583. The van der Waals surface area contributed by atoms with E-state index in [4.69, 9.17) is 4.74 Å². The molecule has 0 unspecified atom stereocenters. The zero-order chi connectivity index (χ0) is 11.7. The van der Waals surface area contributed by atoms with Gasteiger partial charge in [-0.3, -0.25) is 4.79 Å². The summed E-state index contributed by atoms with van der Waals surface area (Å²) in [6.45, 7) is 6.70. The fourth-order valence-corrected chi connectivity index (χ4v) is 2.01. The SMILES string of the molecule is Cc1cc(C(=O)N2CCOCC2)c(C)n1C. The van der Waals surface area contributed by atoms with Crippen LogP contribution in [0, 0.1) is 13.8 Å². The van der Waals surface area contributed by atoms with Gasteiger partial charge < -0.3 is 14.2 Å². The Morgan fingerprint density at radius 3 is 2.44 bits per heavy atom. The quantitative estimate of drug-likeness (QED) is 0.713. The summed E-state index contributed by atoms with van der Waals surface area (Å²) in [4.78, 5) is 14.1. The first-order valence-corrected chi connectivity index (χ1v) is 5.61. The van der Waals surface area contributed by atoms with Crippen LogP contribution in [0.15, 0.2) is 6.07 Å². The first-order chi connectivity index (χ1) is 7.61. The van der Waals surface area contributed by atoms with E-state index in [0.717, 1.165) is 17.0 Å². The predicted molar refractivity (Wildman–Crippen MR) is 61.6 cm³/mol. The van der Waals surface area contributed by atoms with Crippen LogP contribution in [0.2, 0.25) is 0 Å². The van der Waals surface area contributed by atoms with Gasteiger partial charge in [0.05, 0.1) is 18.8 Å². The molecule has 0 atom stereocenters. The molecule has 1 saturated heterocycles. The van der Waals surface area contributed by atoms with Gasteiger partial charge in [-0.05, 0) is 19.9 Å². The number of amides is 1.